The van der Waals surface area contributed by atoms with E-state index in [1.54, 1.807) is 19.1 Å². The van der Waals surface area contributed by atoms with E-state index in [1.165, 1.54) is 43.3 Å². The minimum Gasteiger partial charge on any atom is -0.352 e. The Bertz CT molecular complexity index is 1260. The minimum absolute atomic E-state index is 0.0247. The molecule has 0 bridgehead atoms. The lowest BCUT2D eigenvalue weighted by molar-refractivity contribution is -0.140. The maximum Gasteiger partial charge on any atom is 0.304 e. The lowest BCUT2D eigenvalue weighted by atomic mass is 10.1. The third-order valence-electron chi connectivity index (χ3n) is 6.58. The van der Waals surface area contributed by atoms with E-state index >= 15 is 0 Å². The lowest BCUT2D eigenvalue weighted by Crippen LogP contribution is -2.54. The first-order valence-corrected chi connectivity index (χ1v) is 14.6. The molecule has 2 aromatic carbocycles. The second-order valence-corrected chi connectivity index (χ2v) is 12.3. The third kappa shape index (κ3) is 7.16. The van der Waals surface area contributed by atoms with Crippen LogP contribution in [0.25, 0.3) is 0 Å². The summed E-state index contributed by atoms with van der Waals surface area (Å²) in [6.07, 6.45) is 4.04. The van der Waals surface area contributed by atoms with Crippen LogP contribution in [0.1, 0.15) is 44.6 Å². The van der Waals surface area contributed by atoms with Crippen molar-refractivity contribution >= 4 is 50.9 Å². The standard InChI is InChI=1S/C26H33Cl2FN4O4S/c1-4-23(26(35)30-20-9-5-6-10-20)32(16-18-13-14-19(27)15-21(18)28)25(34)17-33(38(36,37)31(2)3)24-12-8-7-11-22(24)29/h7-8,11-15,20,23H,4-6,9-10,16-17H2,1-3H3,(H,30,35). The molecule has 1 fully saturated rings. The van der Waals surface area contributed by atoms with Gasteiger partial charge in [0, 0.05) is 36.7 Å². The highest BCUT2D eigenvalue weighted by molar-refractivity contribution is 7.90. The largest absolute Gasteiger partial charge is 0.352 e. The molecule has 208 valence electrons. The van der Waals surface area contributed by atoms with E-state index in [9.17, 15) is 22.4 Å². The first kappa shape index (κ1) is 30.1. The van der Waals surface area contributed by atoms with E-state index < -0.39 is 34.5 Å². The Kier molecular flexibility index (Phi) is 10.4. The van der Waals surface area contributed by atoms with Gasteiger partial charge in [0.2, 0.25) is 11.8 Å². The molecular weight excluding hydrogens is 554 g/mol. The van der Waals surface area contributed by atoms with Gasteiger partial charge in [-0.2, -0.15) is 12.7 Å². The summed E-state index contributed by atoms with van der Waals surface area (Å²) in [4.78, 5) is 28.5. The normalized spacial score (nSPS) is 14.9. The van der Waals surface area contributed by atoms with E-state index in [4.69, 9.17) is 23.2 Å². The van der Waals surface area contributed by atoms with Gasteiger partial charge in [-0.05, 0) is 49.1 Å². The monoisotopic (exact) mass is 586 g/mol. The number of halogens is 3. The van der Waals surface area contributed by atoms with Crippen LogP contribution in [0.3, 0.4) is 0 Å². The molecule has 8 nitrogen and oxygen atoms in total. The fourth-order valence-electron chi connectivity index (χ4n) is 4.48. The van der Waals surface area contributed by atoms with Crippen LogP contribution in [0, 0.1) is 5.82 Å². The number of hydrogen-bond donors (Lipinski definition) is 1. The number of nitrogens with zero attached hydrogens (tertiary/aromatic N) is 3. The zero-order chi connectivity index (χ0) is 28.0. The van der Waals surface area contributed by atoms with Gasteiger partial charge < -0.3 is 10.2 Å². The van der Waals surface area contributed by atoms with E-state index in [2.05, 4.69) is 5.32 Å². The van der Waals surface area contributed by atoms with Gasteiger partial charge in [-0.1, -0.05) is 61.2 Å². The number of carbonyl (C=O) groups excluding carboxylic acids is 2. The van der Waals surface area contributed by atoms with Crippen LogP contribution in [0.2, 0.25) is 10.0 Å². The van der Waals surface area contributed by atoms with Crippen molar-refractivity contribution in [3.63, 3.8) is 0 Å². The van der Waals surface area contributed by atoms with Crippen molar-refractivity contribution in [2.75, 3.05) is 24.9 Å². The highest BCUT2D eigenvalue weighted by Gasteiger charge is 2.35. The van der Waals surface area contributed by atoms with E-state index in [0.29, 0.717) is 19.9 Å². The molecule has 1 aliphatic rings. The minimum atomic E-state index is -4.27. The van der Waals surface area contributed by atoms with Gasteiger partial charge in [0.05, 0.1) is 5.69 Å². The Morgan fingerprint density at radius 1 is 1.11 bits per heavy atom. The molecule has 1 N–H and O–H groups in total. The van der Waals surface area contributed by atoms with Crippen LogP contribution >= 0.6 is 23.2 Å². The van der Waals surface area contributed by atoms with Crippen LogP contribution in [-0.4, -0.2) is 62.2 Å². The third-order valence-corrected chi connectivity index (χ3v) is 8.98. The summed E-state index contributed by atoms with van der Waals surface area (Å²) in [5.74, 6) is -1.81. The molecule has 1 atom stereocenters. The number of para-hydroxylation sites is 1. The Morgan fingerprint density at radius 2 is 1.76 bits per heavy atom. The fraction of sp³-hybridized carbons (Fsp3) is 0.462. The highest BCUT2D eigenvalue weighted by Crippen LogP contribution is 2.27. The van der Waals surface area contributed by atoms with Crippen molar-refractivity contribution < 1.29 is 22.4 Å². The van der Waals surface area contributed by atoms with Crippen LogP contribution in [0.4, 0.5) is 10.1 Å². The number of rotatable bonds is 11. The van der Waals surface area contributed by atoms with E-state index in [0.717, 1.165) is 36.1 Å². The molecule has 2 amide bonds. The second-order valence-electron chi connectivity index (χ2n) is 9.42. The topological polar surface area (TPSA) is 90.0 Å². The van der Waals surface area contributed by atoms with Gasteiger partial charge in [0.15, 0.2) is 0 Å². The van der Waals surface area contributed by atoms with Crippen molar-refractivity contribution in [2.45, 2.75) is 57.7 Å². The number of anilines is 1. The summed E-state index contributed by atoms with van der Waals surface area (Å²) in [5.41, 5.74) is 0.256. The quantitative estimate of drug-likeness (QED) is 0.416. The summed E-state index contributed by atoms with van der Waals surface area (Å²) in [6, 6.07) is 9.23. The van der Waals surface area contributed by atoms with Crippen molar-refractivity contribution in [3.8, 4) is 0 Å². The number of carbonyl (C=O) groups is 2. The van der Waals surface area contributed by atoms with Crippen LogP contribution < -0.4 is 9.62 Å². The molecule has 3 rings (SSSR count). The molecule has 0 spiro atoms. The molecule has 0 aliphatic heterocycles. The maximum atomic E-state index is 14.8. The maximum absolute atomic E-state index is 14.8. The van der Waals surface area contributed by atoms with Gasteiger partial charge >= 0.3 is 10.2 Å². The molecule has 1 aliphatic carbocycles. The van der Waals surface area contributed by atoms with Crippen LogP contribution in [0.15, 0.2) is 42.5 Å². The fourth-order valence-corrected chi connectivity index (χ4v) is 6.01. The zero-order valence-corrected chi connectivity index (χ0v) is 24.0. The molecule has 2 aromatic rings. The summed E-state index contributed by atoms with van der Waals surface area (Å²) in [7, 11) is -1.68. The predicted molar refractivity (Wildman–Crippen MR) is 148 cm³/mol. The number of benzene rings is 2. The molecule has 0 heterocycles. The molecule has 0 radical (unpaired) electrons. The van der Waals surface area contributed by atoms with Gasteiger partial charge in [0.1, 0.15) is 18.4 Å². The Morgan fingerprint density at radius 3 is 2.34 bits per heavy atom. The zero-order valence-electron chi connectivity index (χ0n) is 21.7. The number of amides is 2. The Labute approximate surface area is 233 Å². The molecular formula is C26H33Cl2FN4O4S. The number of nitrogens with one attached hydrogen (secondary N) is 1. The second kappa shape index (κ2) is 13.1. The molecule has 38 heavy (non-hydrogen) atoms. The van der Waals surface area contributed by atoms with Crippen molar-refractivity contribution in [3.05, 3.63) is 63.9 Å². The first-order chi connectivity index (χ1) is 17.9. The molecule has 0 aromatic heterocycles. The highest BCUT2D eigenvalue weighted by atomic mass is 35.5. The van der Waals surface area contributed by atoms with Crippen molar-refractivity contribution in [1.29, 1.82) is 0 Å². The van der Waals surface area contributed by atoms with Gasteiger partial charge in [-0.15, -0.1) is 0 Å². The SMILES string of the molecule is CCC(C(=O)NC1CCCC1)N(Cc1ccc(Cl)cc1Cl)C(=O)CN(c1ccccc1F)S(=O)(=O)N(C)C. The van der Waals surface area contributed by atoms with Gasteiger partial charge in [-0.25, -0.2) is 8.70 Å². The summed E-state index contributed by atoms with van der Waals surface area (Å²) in [5, 5.41) is 3.74. The lowest BCUT2D eigenvalue weighted by Gasteiger charge is -2.34. The summed E-state index contributed by atoms with van der Waals surface area (Å²) >= 11 is 12.4. The molecule has 1 saturated carbocycles. The number of hydrogen-bond acceptors (Lipinski definition) is 4. The van der Waals surface area contributed by atoms with Crippen LogP contribution in [-0.2, 0) is 26.3 Å². The predicted octanol–water partition coefficient (Wildman–Crippen LogP) is 4.61. The Balaban J connectivity index is 2.00. The Hall–Kier alpha value is -2.40. The smallest absolute Gasteiger partial charge is 0.304 e. The van der Waals surface area contributed by atoms with E-state index in [1.807, 2.05) is 0 Å². The summed E-state index contributed by atoms with van der Waals surface area (Å²) in [6.45, 7) is 0.978. The van der Waals surface area contributed by atoms with Crippen molar-refractivity contribution in [1.82, 2.24) is 14.5 Å². The van der Waals surface area contributed by atoms with E-state index in [-0.39, 0.29) is 30.6 Å². The van der Waals surface area contributed by atoms with Crippen LogP contribution in [0.5, 0.6) is 0 Å². The summed E-state index contributed by atoms with van der Waals surface area (Å²) < 4.78 is 42.8. The average Bonchev–Trinajstić information content (AvgIpc) is 3.37. The molecule has 0 saturated heterocycles. The van der Waals surface area contributed by atoms with Crippen molar-refractivity contribution in [2.24, 2.45) is 0 Å². The first-order valence-electron chi connectivity index (χ1n) is 12.4. The molecule has 12 heteroatoms. The average molecular weight is 588 g/mol. The van der Waals surface area contributed by atoms with Gasteiger partial charge in [-0.3, -0.25) is 9.59 Å². The van der Waals surface area contributed by atoms with Gasteiger partial charge in [0.25, 0.3) is 0 Å². The molecule has 1 unspecified atom stereocenters.